The van der Waals surface area contributed by atoms with Gasteiger partial charge in [-0.15, -0.1) is 0 Å². The summed E-state index contributed by atoms with van der Waals surface area (Å²) in [6, 6.07) is 9.89. The first-order chi connectivity index (χ1) is 9.10. The van der Waals surface area contributed by atoms with Gasteiger partial charge >= 0.3 is 0 Å². The summed E-state index contributed by atoms with van der Waals surface area (Å²) in [5.74, 6) is 0. The number of pyridine rings is 1. The lowest BCUT2D eigenvalue weighted by atomic mass is 10.0. The summed E-state index contributed by atoms with van der Waals surface area (Å²) in [4.78, 5) is 4.22. The van der Waals surface area contributed by atoms with Crippen LogP contribution in [0.5, 0.6) is 0 Å². The number of aromatic nitrogens is 1. The maximum Gasteiger partial charge on any atom is 0.0761 e. The van der Waals surface area contributed by atoms with Gasteiger partial charge in [0.2, 0.25) is 0 Å². The molecule has 0 fully saturated rings. The van der Waals surface area contributed by atoms with Gasteiger partial charge in [0.1, 0.15) is 0 Å². The fourth-order valence-electron chi connectivity index (χ4n) is 1.96. The summed E-state index contributed by atoms with van der Waals surface area (Å²) < 4.78 is 0. The minimum atomic E-state index is -0.225. The largest absolute Gasteiger partial charge is 0.322 e. The Morgan fingerprint density at radius 3 is 2.37 bits per heavy atom. The molecule has 0 bridgehead atoms. The van der Waals surface area contributed by atoms with Crippen molar-refractivity contribution in [3.05, 3.63) is 63.4 Å². The highest BCUT2D eigenvalue weighted by atomic mass is 35.5. The number of rotatable bonds is 4. The molecule has 0 saturated carbocycles. The molecule has 0 amide bonds. The third-order valence-electron chi connectivity index (χ3n) is 3.07. The molecule has 1 unspecified atom stereocenters. The highest BCUT2D eigenvalue weighted by Crippen LogP contribution is 2.24. The van der Waals surface area contributed by atoms with Gasteiger partial charge in [-0.2, -0.15) is 0 Å². The number of aryl methyl sites for hydroxylation is 1. The van der Waals surface area contributed by atoms with Crippen molar-refractivity contribution in [2.24, 2.45) is 5.73 Å². The molecule has 19 heavy (non-hydrogen) atoms. The molecule has 0 aliphatic rings. The molecule has 2 aromatic rings. The van der Waals surface area contributed by atoms with Crippen LogP contribution in [0.15, 0.2) is 36.5 Å². The standard InChI is InChI=1S/C15H16Cl2N2/c1-2-10-3-5-11(6-4-10)7-14(18)15-13(17)8-12(16)9-19-15/h3-6,8-9,14H,2,7,18H2,1H3. The topological polar surface area (TPSA) is 38.9 Å². The van der Waals surface area contributed by atoms with E-state index in [0.717, 1.165) is 6.42 Å². The van der Waals surface area contributed by atoms with E-state index in [4.69, 9.17) is 28.9 Å². The smallest absolute Gasteiger partial charge is 0.0761 e. The summed E-state index contributed by atoms with van der Waals surface area (Å²) in [7, 11) is 0. The summed E-state index contributed by atoms with van der Waals surface area (Å²) in [6.07, 6.45) is 3.32. The van der Waals surface area contributed by atoms with Crippen molar-refractivity contribution in [1.82, 2.24) is 4.98 Å². The summed E-state index contributed by atoms with van der Waals surface area (Å²) >= 11 is 11.9. The average molecular weight is 295 g/mol. The van der Waals surface area contributed by atoms with E-state index in [9.17, 15) is 0 Å². The zero-order valence-electron chi connectivity index (χ0n) is 10.7. The lowest BCUT2D eigenvalue weighted by molar-refractivity contribution is 0.696. The molecule has 0 spiro atoms. The van der Waals surface area contributed by atoms with Gasteiger partial charge < -0.3 is 5.73 Å². The average Bonchev–Trinajstić information content (AvgIpc) is 2.39. The van der Waals surface area contributed by atoms with Crippen molar-refractivity contribution in [1.29, 1.82) is 0 Å². The molecule has 100 valence electrons. The zero-order chi connectivity index (χ0) is 13.8. The van der Waals surface area contributed by atoms with E-state index in [0.29, 0.717) is 22.2 Å². The fraction of sp³-hybridized carbons (Fsp3) is 0.267. The SMILES string of the molecule is CCc1ccc(CC(N)c2ncc(Cl)cc2Cl)cc1. The summed E-state index contributed by atoms with van der Waals surface area (Å²) in [5, 5.41) is 1.04. The molecule has 1 aromatic heterocycles. The molecule has 0 aliphatic heterocycles. The van der Waals surface area contributed by atoms with Crippen LogP contribution in [0, 0.1) is 0 Å². The molecule has 4 heteroatoms. The van der Waals surface area contributed by atoms with Gasteiger partial charge in [-0.05, 0) is 30.0 Å². The third-order valence-corrected chi connectivity index (χ3v) is 3.58. The number of nitrogens with two attached hydrogens (primary N) is 1. The van der Waals surface area contributed by atoms with E-state index >= 15 is 0 Å². The van der Waals surface area contributed by atoms with Crippen molar-refractivity contribution in [3.63, 3.8) is 0 Å². The molecule has 0 radical (unpaired) electrons. The van der Waals surface area contributed by atoms with E-state index in [1.54, 1.807) is 12.3 Å². The second-order valence-electron chi connectivity index (χ2n) is 4.50. The van der Waals surface area contributed by atoms with E-state index < -0.39 is 0 Å². The van der Waals surface area contributed by atoms with Crippen molar-refractivity contribution in [2.75, 3.05) is 0 Å². The van der Waals surface area contributed by atoms with Gasteiger partial charge in [0.05, 0.1) is 21.8 Å². The number of hydrogen-bond donors (Lipinski definition) is 1. The van der Waals surface area contributed by atoms with Gasteiger partial charge in [-0.25, -0.2) is 0 Å². The Balaban J connectivity index is 2.13. The van der Waals surface area contributed by atoms with Gasteiger partial charge in [0.25, 0.3) is 0 Å². The van der Waals surface area contributed by atoms with Crippen LogP contribution >= 0.6 is 23.2 Å². The normalized spacial score (nSPS) is 12.4. The lowest BCUT2D eigenvalue weighted by Gasteiger charge is -2.13. The van der Waals surface area contributed by atoms with Gasteiger partial charge in [0.15, 0.2) is 0 Å². The Morgan fingerprint density at radius 2 is 1.79 bits per heavy atom. The maximum atomic E-state index is 6.16. The zero-order valence-corrected chi connectivity index (χ0v) is 12.2. The monoisotopic (exact) mass is 294 g/mol. The highest BCUT2D eigenvalue weighted by molar-refractivity contribution is 6.34. The predicted octanol–water partition coefficient (Wildman–Crippen LogP) is 4.19. The third kappa shape index (κ3) is 3.69. The van der Waals surface area contributed by atoms with Crippen molar-refractivity contribution in [2.45, 2.75) is 25.8 Å². The van der Waals surface area contributed by atoms with Crippen LogP contribution in [-0.4, -0.2) is 4.98 Å². The van der Waals surface area contributed by atoms with Crippen LogP contribution in [0.1, 0.15) is 29.8 Å². The fourth-order valence-corrected chi connectivity index (χ4v) is 2.48. The minimum Gasteiger partial charge on any atom is -0.322 e. The molecule has 1 heterocycles. The molecule has 2 nitrogen and oxygen atoms in total. The van der Waals surface area contributed by atoms with Crippen molar-refractivity contribution >= 4 is 23.2 Å². The predicted molar refractivity (Wildman–Crippen MR) is 80.7 cm³/mol. The van der Waals surface area contributed by atoms with Crippen LogP contribution in [0.3, 0.4) is 0 Å². The molecule has 1 atom stereocenters. The number of nitrogens with zero attached hydrogens (tertiary/aromatic N) is 1. The minimum absolute atomic E-state index is 0.225. The van der Waals surface area contributed by atoms with E-state index in [1.165, 1.54) is 11.1 Å². The Kier molecular flexibility index (Phi) is 4.81. The van der Waals surface area contributed by atoms with Crippen molar-refractivity contribution in [3.8, 4) is 0 Å². The van der Waals surface area contributed by atoms with E-state index in [-0.39, 0.29) is 6.04 Å². The molecule has 0 aliphatic carbocycles. The van der Waals surface area contributed by atoms with Crippen LogP contribution in [-0.2, 0) is 12.8 Å². The van der Waals surface area contributed by atoms with Crippen LogP contribution in [0.25, 0.3) is 0 Å². The highest BCUT2D eigenvalue weighted by Gasteiger charge is 2.13. The van der Waals surface area contributed by atoms with E-state index in [1.807, 2.05) is 0 Å². The molecule has 0 saturated heterocycles. The second kappa shape index (κ2) is 6.38. The number of halogens is 2. The van der Waals surface area contributed by atoms with Crippen LogP contribution in [0.4, 0.5) is 0 Å². The molecule has 1 aromatic carbocycles. The summed E-state index contributed by atoms with van der Waals surface area (Å²) in [6.45, 7) is 2.14. The number of hydrogen-bond acceptors (Lipinski definition) is 2. The first-order valence-corrected chi connectivity index (χ1v) is 7.00. The lowest BCUT2D eigenvalue weighted by Crippen LogP contribution is -2.15. The molecule has 2 N–H and O–H groups in total. The van der Waals surface area contributed by atoms with Gasteiger partial charge in [-0.3, -0.25) is 4.98 Å². The first kappa shape index (κ1) is 14.3. The van der Waals surface area contributed by atoms with E-state index in [2.05, 4.69) is 36.2 Å². The van der Waals surface area contributed by atoms with Gasteiger partial charge in [-0.1, -0.05) is 54.4 Å². The molecular formula is C15H16Cl2N2. The Hall–Kier alpha value is -1.09. The Labute approximate surface area is 123 Å². The quantitative estimate of drug-likeness (QED) is 0.918. The Bertz CT molecular complexity index is 553. The van der Waals surface area contributed by atoms with Crippen LogP contribution in [0.2, 0.25) is 10.0 Å². The second-order valence-corrected chi connectivity index (χ2v) is 5.34. The number of benzene rings is 1. The van der Waals surface area contributed by atoms with Gasteiger partial charge in [0, 0.05) is 6.20 Å². The maximum absolute atomic E-state index is 6.16. The van der Waals surface area contributed by atoms with Crippen LogP contribution < -0.4 is 5.73 Å². The first-order valence-electron chi connectivity index (χ1n) is 6.24. The summed E-state index contributed by atoms with van der Waals surface area (Å²) in [5.41, 5.74) is 9.34. The Morgan fingerprint density at radius 1 is 1.16 bits per heavy atom. The molecule has 2 rings (SSSR count). The molecular weight excluding hydrogens is 279 g/mol. The van der Waals surface area contributed by atoms with Crippen molar-refractivity contribution < 1.29 is 0 Å².